The summed E-state index contributed by atoms with van der Waals surface area (Å²) in [7, 11) is 1.33. The molecule has 19 heavy (non-hydrogen) atoms. The molecule has 1 aromatic carbocycles. The first-order valence-electron chi connectivity index (χ1n) is 5.96. The summed E-state index contributed by atoms with van der Waals surface area (Å²) in [6, 6.07) is 4.71. The molecule has 0 saturated carbocycles. The maximum atomic E-state index is 13.3. The Balaban J connectivity index is 1.98. The van der Waals surface area contributed by atoms with Crippen LogP contribution in [0.5, 0.6) is 0 Å². The van der Waals surface area contributed by atoms with Gasteiger partial charge in [-0.05, 0) is 17.7 Å². The highest BCUT2D eigenvalue weighted by atomic mass is 35.5. The van der Waals surface area contributed by atoms with Crippen LogP contribution < -0.4 is 0 Å². The number of halogens is 2. The maximum Gasteiger partial charge on any atom is 0.336 e. The monoisotopic (exact) mass is 287 g/mol. The van der Waals surface area contributed by atoms with E-state index in [4.69, 9.17) is 16.3 Å². The average molecular weight is 288 g/mol. The lowest BCUT2D eigenvalue weighted by atomic mass is 10.2. The number of hydrogen-bond donors (Lipinski definition) is 0. The van der Waals surface area contributed by atoms with Crippen molar-refractivity contribution in [3.05, 3.63) is 34.6 Å². The van der Waals surface area contributed by atoms with Gasteiger partial charge in [0.05, 0.1) is 18.7 Å². The van der Waals surface area contributed by atoms with E-state index in [2.05, 4.69) is 4.74 Å². The zero-order valence-corrected chi connectivity index (χ0v) is 11.3. The minimum Gasteiger partial charge on any atom is -0.467 e. The van der Waals surface area contributed by atoms with Crippen LogP contribution in [0.2, 0.25) is 5.02 Å². The van der Waals surface area contributed by atoms with Gasteiger partial charge < -0.3 is 9.47 Å². The van der Waals surface area contributed by atoms with Gasteiger partial charge >= 0.3 is 5.97 Å². The lowest BCUT2D eigenvalue weighted by molar-refractivity contribution is -0.160. The van der Waals surface area contributed by atoms with Crippen molar-refractivity contribution in [3.8, 4) is 0 Å². The Bertz CT molecular complexity index is 469. The maximum absolute atomic E-state index is 13.3. The Hall–Kier alpha value is -1.17. The third kappa shape index (κ3) is 3.65. The van der Waals surface area contributed by atoms with E-state index in [1.807, 2.05) is 4.90 Å². The molecule has 0 spiro atoms. The van der Waals surface area contributed by atoms with Gasteiger partial charge in [0.1, 0.15) is 5.82 Å². The molecule has 1 unspecified atom stereocenters. The molecule has 1 heterocycles. The summed E-state index contributed by atoms with van der Waals surface area (Å²) in [5.41, 5.74) is 0.812. The number of carbonyl (C=O) groups is 1. The standard InChI is InChI=1S/C13H15ClFNO3/c1-18-13(17)12-8-16(4-5-19-12)7-9-2-3-10(14)11(15)6-9/h2-3,6,12H,4-5,7-8H2,1H3. The number of hydrogen-bond acceptors (Lipinski definition) is 4. The third-order valence-electron chi connectivity index (χ3n) is 3.00. The predicted octanol–water partition coefficient (Wildman–Crippen LogP) is 1.85. The smallest absolute Gasteiger partial charge is 0.336 e. The quantitative estimate of drug-likeness (QED) is 0.796. The largest absolute Gasteiger partial charge is 0.467 e. The molecule has 1 atom stereocenters. The van der Waals surface area contributed by atoms with E-state index in [9.17, 15) is 9.18 Å². The summed E-state index contributed by atoms with van der Waals surface area (Å²) in [4.78, 5) is 13.4. The zero-order valence-electron chi connectivity index (χ0n) is 10.6. The van der Waals surface area contributed by atoms with E-state index in [0.29, 0.717) is 26.2 Å². The first-order chi connectivity index (χ1) is 9.10. The predicted molar refractivity (Wildman–Crippen MR) is 68.4 cm³/mol. The second-order valence-corrected chi connectivity index (χ2v) is 4.77. The SMILES string of the molecule is COC(=O)C1CN(Cc2ccc(Cl)c(F)c2)CCO1. The Kier molecular flexibility index (Phi) is 4.74. The van der Waals surface area contributed by atoms with Crippen LogP contribution in [0.1, 0.15) is 5.56 Å². The third-order valence-corrected chi connectivity index (χ3v) is 3.31. The number of methoxy groups -OCH3 is 1. The Morgan fingerprint density at radius 1 is 1.63 bits per heavy atom. The summed E-state index contributed by atoms with van der Waals surface area (Å²) in [6.45, 7) is 2.13. The molecule has 0 aromatic heterocycles. The molecule has 0 bridgehead atoms. The first-order valence-corrected chi connectivity index (χ1v) is 6.33. The van der Waals surface area contributed by atoms with Crippen molar-refractivity contribution < 1.29 is 18.7 Å². The number of benzene rings is 1. The van der Waals surface area contributed by atoms with Gasteiger partial charge in [-0.2, -0.15) is 0 Å². The molecule has 1 saturated heterocycles. The number of morpholine rings is 1. The first kappa shape index (κ1) is 14.2. The minimum absolute atomic E-state index is 0.109. The fraction of sp³-hybridized carbons (Fsp3) is 0.462. The lowest BCUT2D eigenvalue weighted by Crippen LogP contribution is -2.46. The van der Waals surface area contributed by atoms with Gasteiger partial charge in [0, 0.05) is 19.6 Å². The normalized spacial score (nSPS) is 20.3. The van der Waals surface area contributed by atoms with Gasteiger partial charge in [0.25, 0.3) is 0 Å². The summed E-state index contributed by atoms with van der Waals surface area (Å²) in [5, 5.41) is 0.109. The summed E-state index contributed by atoms with van der Waals surface area (Å²) in [5.74, 6) is -0.816. The molecule has 4 nitrogen and oxygen atoms in total. The number of rotatable bonds is 3. The summed E-state index contributed by atoms with van der Waals surface area (Å²) < 4.78 is 23.3. The Morgan fingerprint density at radius 3 is 3.11 bits per heavy atom. The fourth-order valence-corrected chi connectivity index (χ4v) is 2.13. The van der Waals surface area contributed by atoms with Crippen LogP contribution in [0.15, 0.2) is 18.2 Å². The molecule has 1 fully saturated rings. The van der Waals surface area contributed by atoms with Crippen LogP contribution in [-0.4, -0.2) is 43.8 Å². The van der Waals surface area contributed by atoms with Gasteiger partial charge in [0.15, 0.2) is 6.10 Å². The second-order valence-electron chi connectivity index (χ2n) is 4.37. The highest BCUT2D eigenvalue weighted by Crippen LogP contribution is 2.18. The van der Waals surface area contributed by atoms with Crippen molar-refractivity contribution in [1.29, 1.82) is 0 Å². The van der Waals surface area contributed by atoms with E-state index >= 15 is 0 Å². The van der Waals surface area contributed by atoms with Gasteiger partial charge in [-0.25, -0.2) is 9.18 Å². The summed E-state index contributed by atoms with van der Waals surface area (Å²) >= 11 is 5.64. The van der Waals surface area contributed by atoms with Crippen molar-refractivity contribution >= 4 is 17.6 Å². The lowest BCUT2D eigenvalue weighted by Gasteiger charge is -2.31. The van der Waals surface area contributed by atoms with Crippen LogP contribution in [0.3, 0.4) is 0 Å². The topological polar surface area (TPSA) is 38.8 Å². The summed E-state index contributed by atoms with van der Waals surface area (Å²) in [6.07, 6.45) is -0.573. The van der Waals surface area contributed by atoms with Gasteiger partial charge in [-0.1, -0.05) is 17.7 Å². The molecule has 6 heteroatoms. The van der Waals surface area contributed by atoms with Gasteiger partial charge in [0.2, 0.25) is 0 Å². The van der Waals surface area contributed by atoms with E-state index in [1.165, 1.54) is 19.2 Å². The Morgan fingerprint density at radius 2 is 2.42 bits per heavy atom. The highest BCUT2D eigenvalue weighted by molar-refractivity contribution is 6.30. The number of nitrogens with zero attached hydrogens (tertiary/aromatic N) is 1. The molecule has 1 aliphatic heterocycles. The minimum atomic E-state index is -0.573. The van der Waals surface area contributed by atoms with Gasteiger partial charge in [-0.15, -0.1) is 0 Å². The van der Waals surface area contributed by atoms with Crippen LogP contribution >= 0.6 is 11.6 Å². The molecular formula is C13H15ClFNO3. The number of esters is 1. The molecule has 104 valence electrons. The van der Waals surface area contributed by atoms with Crippen molar-refractivity contribution in [1.82, 2.24) is 4.90 Å². The Labute approximate surface area is 116 Å². The molecule has 0 aliphatic carbocycles. The van der Waals surface area contributed by atoms with Crippen LogP contribution in [-0.2, 0) is 20.8 Å². The molecule has 0 amide bonds. The van der Waals surface area contributed by atoms with E-state index in [1.54, 1.807) is 6.07 Å². The van der Waals surface area contributed by atoms with Crippen molar-refractivity contribution in [2.45, 2.75) is 12.6 Å². The molecule has 1 aromatic rings. The van der Waals surface area contributed by atoms with Crippen molar-refractivity contribution in [2.75, 3.05) is 26.8 Å². The number of ether oxygens (including phenoxy) is 2. The molecule has 0 radical (unpaired) electrons. The van der Waals surface area contributed by atoms with E-state index in [0.717, 1.165) is 5.56 Å². The average Bonchev–Trinajstić information content (AvgIpc) is 2.42. The highest BCUT2D eigenvalue weighted by Gasteiger charge is 2.27. The van der Waals surface area contributed by atoms with Crippen LogP contribution in [0, 0.1) is 5.82 Å². The zero-order chi connectivity index (χ0) is 13.8. The molecule has 0 N–H and O–H groups in total. The second kappa shape index (κ2) is 6.32. The van der Waals surface area contributed by atoms with E-state index < -0.39 is 11.9 Å². The van der Waals surface area contributed by atoms with Gasteiger partial charge in [-0.3, -0.25) is 4.90 Å². The van der Waals surface area contributed by atoms with E-state index in [-0.39, 0.29) is 11.0 Å². The van der Waals surface area contributed by atoms with Crippen LogP contribution in [0.4, 0.5) is 4.39 Å². The number of carbonyl (C=O) groups excluding carboxylic acids is 1. The fourth-order valence-electron chi connectivity index (χ4n) is 2.02. The van der Waals surface area contributed by atoms with Crippen LogP contribution in [0.25, 0.3) is 0 Å². The molecular weight excluding hydrogens is 273 g/mol. The van der Waals surface area contributed by atoms with Crippen molar-refractivity contribution in [3.63, 3.8) is 0 Å². The molecule has 1 aliphatic rings. The molecule has 2 rings (SSSR count). The van der Waals surface area contributed by atoms with Crippen molar-refractivity contribution in [2.24, 2.45) is 0 Å².